The highest BCUT2D eigenvalue weighted by Crippen LogP contribution is 2.51. The Morgan fingerprint density at radius 3 is 2.54 bits per heavy atom. The van der Waals surface area contributed by atoms with Crippen LogP contribution in [-0.4, -0.2) is 4.58 Å². The van der Waals surface area contributed by atoms with Gasteiger partial charge < -0.3 is 0 Å². The summed E-state index contributed by atoms with van der Waals surface area (Å²) in [6.07, 6.45) is 5.14. The summed E-state index contributed by atoms with van der Waals surface area (Å²) in [6, 6.07) is 0. The van der Waals surface area contributed by atoms with Crippen LogP contribution in [0.3, 0.4) is 0 Å². The number of hydrogen-bond acceptors (Lipinski definition) is 7. The Labute approximate surface area is 110 Å². The molecule has 1 atom stereocenters. The fourth-order valence-electron chi connectivity index (χ4n) is 0.702. The highest BCUT2D eigenvalue weighted by atomic mass is 33.9. The second-order valence-electron chi connectivity index (χ2n) is 2.33. The number of thiol groups is 2. The molecule has 0 aliphatic rings. The van der Waals surface area contributed by atoms with Gasteiger partial charge in [0.15, 0.2) is 0 Å². The minimum absolute atomic E-state index is 0.481. The zero-order valence-electron chi connectivity index (χ0n) is 7.34. The molecule has 0 spiro atoms. The lowest BCUT2D eigenvalue weighted by molar-refractivity contribution is 0.698. The average molecular weight is 311 g/mol. The number of hydrogen-bond donors (Lipinski definition) is 2. The van der Waals surface area contributed by atoms with Crippen molar-refractivity contribution in [2.45, 2.75) is 37.2 Å². The van der Waals surface area contributed by atoms with E-state index < -0.39 is 0 Å². The minimum Gasteiger partial charge on any atom is -0.164 e. The topological polar surface area (TPSA) is 0 Å². The highest BCUT2D eigenvalue weighted by Gasteiger charge is 2.03. The van der Waals surface area contributed by atoms with E-state index in [0.29, 0.717) is 4.58 Å². The largest absolute Gasteiger partial charge is 0.164 e. The predicted molar refractivity (Wildman–Crippen MR) is 83.9 cm³/mol. The average Bonchev–Trinajstić information content (AvgIpc) is 2.13. The Morgan fingerprint density at radius 1 is 1.15 bits per heavy atom. The molecule has 80 valence electrons. The van der Waals surface area contributed by atoms with E-state index in [1.54, 1.807) is 29.5 Å². The molecular formula is C6H14S7. The normalized spacial score (nSPS) is 13.2. The van der Waals surface area contributed by atoms with Crippen molar-refractivity contribution in [3.8, 4) is 0 Å². The summed E-state index contributed by atoms with van der Waals surface area (Å²) in [5, 5.41) is 0. The van der Waals surface area contributed by atoms with Crippen molar-refractivity contribution in [1.29, 1.82) is 0 Å². The molecule has 0 aliphatic carbocycles. The molecule has 13 heavy (non-hydrogen) atoms. The van der Waals surface area contributed by atoms with Crippen LogP contribution in [0.1, 0.15) is 32.6 Å². The van der Waals surface area contributed by atoms with Gasteiger partial charge >= 0.3 is 0 Å². The molecule has 0 aromatic carbocycles. The van der Waals surface area contributed by atoms with Crippen LogP contribution in [0.5, 0.6) is 0 Å². The third-order valence-electron chi connectivity index (χ3n) is 1.29. The van der Waals surface area contributed by atoms with E-state index in [1.165, 1.54) is 35.5 Å². The van der Waals surface area contributed by atoms with Crippen molar-refractivity contribution in [3.05, 3.63) is 0 Å². The van der Waals surface area contributed by atoms with E-state index in [1.807, 2.05) is 10.8 Å². The van der Waals surface area contributed by atoms with Crippen LogP contribution in [-0.2, 0) is 0 Å². The number of unbranched alkanes of at least 4 members (excludes halogenated alkanes) is 2. The zero-order valence-corrected chi connectivity index (χ0v) is 13.2. The maximum Gasteiger partial charge on any atom is 0.0584 e. The smallest absolute Gasteiger partial charge is 0.0584 e. The van der Waals surface area contributed by atoms with Gasteiger partial charge in [0.2, 0.25) is 0 Å². The third kappa shape index (κ3) is 12.4. The predicted octanol–water partition coefficient (Wildman–Crippen LogP) is 5.99. The summed E-state index contributed by atoms with van der Waals surface area (Å²) in [5.74, 6) is 0. The summed E-state index contributed by atoms with van der Waals surface area (Å²) in [7, 11) is 8.57. The van der Waals surface area contributed by atoms with Crippen molar-refractivity contribution in [2.24, 2.45) is 0 Å². The monoisotopic (exact) mass is 310 g/mol. The molecule has 1 unspecified atom stereocenters. The van der Waals surface area contributed by atoms with Crippen LogP contribution >= 0.6 is 74.4 Å². The first-order chi connectivity index (χ1) is 6.31. The van der Waals surface area contributed by atoms with Crippen LogP contribution in [0.2, 0.25) is 0 Å². The maximum absolute atomic E-state index is 4.50. The SMILES string of the molecule is CCCCCC(S)SSSSSS. The first-order valence-electron chi connectivity index (χ1n) is 3.96. The minimum atomic E-state index is 0.481. The van der Waals surface area contributed by atoms with Crippen molar-refractivity contribution >= 4 is 74.4 Å². The van der Waals surface area contributed by atoms with Crippen LogP contribution < -0.4 is 0 Å². The fraction of sp³-hybridized carbons (Fsp3) is 1.00. The molecule has 0 heterocycles. The Morgan fingerprint density at radius 2 is 1.92 bits per heavy atom. The lowest BCUT2D eigenvalue weighted by Crippen LogP contribution is -1.88. The first-order valence-corrected chi connectivity index (χ1v) is 11.7. The van der Waals surface area contributed by atoms with Gasteiger partial charge in [0.1, 0.15) is 0 Å². The van der Waals surface area contributed by atoms with Crippen LogP contribution in [0.15, 0.2) is 0 Å². The quantitative estimate of drug-likeness (QED) is 0.231. The standard InChI is InChI=1S/C6H14S7/c1-2-3-4-5-6(7)9-11-13-12-10-8/h6-8H,2-5H2,1H3. The molecule has 0 aromatic heterocycles. The summed E-state index contributed by atoms with van der Waals surface area (Å²) in [5.41, 5.74) is 0. The lowest BCUT2D eigenvalue weighted by atomic mass is 10.2. The number of rotatable bonds is 9. The van der Waals surface area contributed by atoms with Gasteiger partial charge in [0, 0.05) is 0 Å². The molecular weight excluding hydrogens is 297 g/mol. The molecule has 0 fully saturated rings. The summed E-state index contributed by atoms with van der Waals surface area (Å²) < 4.78 is 0.481. The van der Waals surface area contributed by atoms with Gasteiger partial charge in [-0.1, -0.05) is 48.6 Å². The van der Waals surface area contributed by atoms with Crippen molar-refractivity contribution in [1.82, 2.24) is 0 Å². The molecule has 0 radical (unpaired) electrons. The van der Waals surface area contributed by atoms with E-state index in [4.69, 9.17) is 0 Å². The van der Waals surface area contributed by atoms with Gasteiger partial charge in [-0.3, -0.25) is 0 Å². The Hall–Kier alpha value is 2.45. The van der Waals surface area contributed by atoms with Gasteiger partial charge in [-0.05, 0) is 45.7 Å². The van der Waals surface area contributed by atoms with Gasteiger partial charge in [0.05, 0.1) is 4.58 Å². The van der Waals surface area contributed by atoms with Crippen LogP contribution in [0.25, 0.3) is 0 Å². The first kappa shape index (κ1) is 15.4. The Bertz CT molecular complexity index is 99.0. The molecule has 0 amide bonds. The molecule has 0 bridgehead atoms. The van der Waals surface area contributed by atoms with E-state index in [0.717, 1.165) is 0 Å². The molecule has 7 heteroatoms. The molecule has 0 N–H and O–H groups in total. The Balaban J connectivity index is 3.05. The van der Waals surface area contributed by atoms with Gasteiger partial charge in [-0.2, -0.15) is 12.6 Å². The maximum atomic E-state index is 4.50. The fourth-order valence-corrected chi connectivity index (χ4v) is 10.6. The van der Waals surface area contributed by atoms with Crippen molar-refractivity contribution < 1.29 is 0 Å². The second-order valence-corrected chi connectivity index (χ2v) is 11.9. The summed E-state index contributed by atoms with van der Waals surface area (Å²) in [4.78, 5) is 0. The molecule has 0 nitrogen and oxygen atoms in total. The van der Waals surface area contributed by atoms with E-state index in [-0.39, 0.29) is 0 Å². The second kappa shape index (κ2) is 12.5. The lowest BCUT2D eigenvalue weighted by Gasteiger charge is -2.07. The molecule has 0 aliphatic heterocycles. The van der Waals surface area contributed by atoms with E-state index in [9.17, 15) is 0 Å². The molecule has 0 aromatic rings. The highest BCUT2D eigenvalue weighted by molar-refractivity contribution is 9.41. The summed E-state index contributed by atoms with van der Waals surface area (Å²) >= 11 is 8.53. The van der Waals surface area contributed by atoms with Gasteiger partial charge in [0.25, 0.3) is 0 Å². The van der Waals surface area contributed by atoms with Gasteiger partial charge in [-0.15, -0.1) is 0 Å². The molecule has 0 saturated heterocycles. The van der Waals surface area contributed by atoms with E-state index in [2.05, 4.69) is 31.2 Å². The van der Waals surface area contributed by atoms with Crippen molar-refractivity contribution in [2.75, 3.05) is 0 Å². The summed E-state index contributed by atoms with van der Waals surface area (Å²) in [6.45, 7) is 2.23. The molecule has 0 rings (SSSR count). The van der Waals surface area contributed by atoms with Crippen LogP contribution in [0.4, 0.5) is 0 Å². The zero-order chi connectivity index (χ0) is 9.94. The Kier molecular flexibility index (Phi) is 14.9. The molecule has 0 saturated carbocycles. The van der Waals surface area contributed by atoms with Gasteiger partial charge in [-0.25, -0.2) is 0 Å². The van der Waals surface area contributed by atoms with Crippen LogP contribution in [0, 0.1) is 0 Å². The van der Waals surface area contributed by atoms with Crippen molar-refractivity contribution in [3.63, 3.8) is 0 Å². The third-order valence-corrected chi connectivity index (χ3v) is 11.3. The van der Waals surface area contributed by atoms with E-state index >= 15 is 0 Å².